The molecule has 0 spiro atoms. The Hall–Kier alpha value is -1.97. The molecule has 15 heavy (non-hydrogen) atoms. The fraction of sp³-hybridized carbons (Fsp3) is 0.200. The summed E-state index contributed by atoms with van der Waals surface area (Å²) >= 11 is 0. The molecule has 2 rings (SSSR count). The Balaban J connectivity index is 2.27. The third-order valence-electron chi connectivity index (χ3n) is 1.98. The molecule has 76 valence electrons. The molecule has 1 aromatic heterocycles. The van der Waals surface area contributed by atoms with E-state index < -0.39 is 0 Å². The maximum Gasteiger partial charge on any atom is 0.143 e. The molecule has 0 bridgehead atoms. The monoisotopic (exact) mass is 202 g/mol. The smallest absolute Gasteiger partial charge is 0.143 e. The summed E-state index contributed by atoms with van der Waals surface area (Å²) in [4.78, 5) is 0. The minimum atomic E-state index is 0.137. The topological polar surface area (TPSA) is 63.8 Å². The van der Waals surface area contributed by atoms with E-state index in [1.54, 1.807) is 10.8 Å². The lowest BCUT2D eigenvalue weighted by molar-refractivity contribution is 0.300. The number of rotatable bonds is 3. The molecule has 0 saturated heterocycles. The van der Waals surface area contributed by atoms with Crippen LogP contribution in [0.5, 0.6) is 0 Å². The molecule has 0 saturated carbocycles. The number of hydrogen-bond acceptors (Lipinski definition) is 4. The van der Waals surface area contributed by atoms with Crippen molar-refractivity contribution < 1.29 is 5.11 Å². The van der Waals surface area contributed by atoms with Crippen LogP contribution < -0.4 is 0 Å². The molecule has 0 aromatic carbocycles. The summed E-state index contributed by atoms with van der Waals surface area (Å²) in [7, 11) is 0. The standard InChI is InChI=1S/C10H10N4O/c15-7-6-9-2-1-3-10(5-4-9)14-8-11-12-13-14/h2-5,8,15H,6-7H2. The van der Waals surface area contributed by atoms with Crippen LogP contribution in [-0.2, 0) is 0 Å². The molecule has 1 aliphatic carbocycles. The lowest BCUT2D eigenvalue weighted by Crippen LogP contribution is -1.94. The highest BCUT2D eigenvalue weighted by atomic mass is 16.2. The first-order chi connectivity index (χ1) is 7.40. The van der Waals surface area contributed by atoms with Gasteiger partial charge in [-0.15, -0.1) is 10.8 Å². The van der Waals surface area contributed by atoms with E-state index in [-0.39, 0.29) is 6.61 Å². The maximum absolute atomic E-state index is 8.80. The van der Waals surface area contributed by atoms with Crippen molar-refractivity contribution >= 4 is 5.70 Å². The Morgan fingerprint density at radius 2 is 2.27 bits per heavy atom. The summed E-state index contributed by atoms with van der Waals surface area (Å²) in [5.41, 5.74) is 4.87. The van der Waals surface area contributed by atoms with Gasteiger partial charge in [-0.2, -0.15) is 4.68 Å². The highest BCUT2D eigenvalue weighted by Crippen LogP contribution is 2.11. The van der Waals surface area contributed by atoms with Gasteiger partial charge in [-0.05, 0) is 34.6 Å². The second kappa shape index (κ2) is 4.50. The number of aliphatic hydroxyl groups is 1. The minimum Gasteiger partial charge on any atom is -0.396 e. The highest BCUT2D eigenvalue weighted by molar-refractivity contribution is 5.59. The zero-order chi connectivity index (χ0) is 10.5. The van der Waals surface area contributed by atoms with Gasteiger partial charge in [0.25, 0.3) is 0 Å². The van der Waals surface area contributed by atoms with Gasteiger partial charge in [0.15, 0.2) is 0 Å². The van der Waals surface area contributed by atoms with Gasteiger partial charge in [0.1, 0.15) is 6.33 Å². The third kappa shape index (κ3) is 2.28. The van der Waals surface area contributed by atoms with Crippen molar-refractivity contribution in [3.63, 3.8) is 0 Å². The van der Waals surface area contributed by atoms with E-state index in [1.807, 2.05) is 18.2 Å². The fourth-order valence-corrected chi connectivity index (χ4v) is 1.23. The Morgan fingerprint density at radius 3 is 3.00 bits per heavy atom. The number of nitrogens with zero attached hydrogens (tertiary/aromatic N) is 4. The molecule has 0 unspecified atom stereocenters. The Labute approximate surface area is 86.7 Å². The van der Waals surface area contributed by atoms with Crippen LogP contribution in [0, 0.1) is 0 Å². The quantitative estimate of drug-likeness (QED) is 0.727. The van der Waals surface area contributed by atoms with Crippen molar-refractivity contribution in [3.05, 3.63) is 41.9 Å². The van der Waals surface area contributed by atoms with Crippen LogP contribution >= 0.6 is 0 Å². The lowest BCUT2D eigenvalue weighted by Gasteiger charge is -1.96. The van der Waals surface area contributed by atoms with Crippen molar-refractivity contribution in [1.29, 1.82) is 0 Å². The zero-order valence-corrected chi connectivity index (χ0v) is 8.04. The van der Waals surface area contributed by atoms with E-state index in [9.17, 15) is 0 Å². The van der Waals surface area contributed by atoms with Gasteiger partial charge in [-0.3, -0.25) is 0 Å². The normalized spacial score (nSPS) is 14.7. The molecule has 5 nitrogen and oxygen atoms in total. The number of aromatic nitrogens is 4. The molecular weight excluding hydrogens is 192 g/mol. The van der Waals surface area contributed by atoms with E-state index >= 15 is 0 Å². The maximum atomic E-state index is 8.80. The van der Waals surface area contributed by atoms with Crippen LogP contribution in [-0.4, -0.2) is 31.9 Å². The molecule has 1 heterocycles. The molecule has 0 amide bonds. The van der Waals surface area contributed by atoms with Gasteiger partial charge in [-0.1, -0.05) is 6.08 Å². The van der Waals surface area contributed by atoms with E-state index in [0.717, 1.165) is 11.3 Å². The Bertz CT molecular complexity index is 450. The first kappa shape index (κ1) is 9.58. The van der Waals surface area contributed by atoms with Crippen LogP contribution in [0.1, 0.15) is 6.42 Å². The van der Waals surface area contributed by atoms with Crippen molar-refractivity contribution in [2.24, 2.45) is 0 Å². The van der Waals surface area contributed by atoms with Crippen LogP contribution in [0.15, 0.2) is 41.9 Å². The van der Waals surface area contributed by atoms with Gasteiger partial charge < -0.3 is 5.11 Å². The average Bonchev–Trinajstić information content (AvgIpc) is 2.67. The van der Waals surface area contributed by atoms with Gasteiger partial charge in [0.2, 0.25) is 0 Å². The largest absolute Gasteiger partial charge is 0.396 e. The second-order valence-electron chi connectivity index (χ2n) is 3.02. The van der Waals surface area contributed by atoms with Gasteiger partial charge >= 0.3 is 0 Å². The minimum absolute atomic E-state index is 0.137. The number of hydrogen-bond donors (Lipinski definition) is 1. The van der Waals surface area contributed by atoms with Crippen LogP contribution in [0.2, 0.25) is 0 Å². The van der Waals surface area contributed by atoms with Crippen molar-refractivity contribution in [2.75, 3.05) is 6.61 Å². The molecule has 5 heteroatoms. The number of aliphatic hydroxyl groups excluding tert-OH is 1. The molecule has 0 radical (unpaired) electrons. The fourth-order valence-electron chi connectivity index (χ4n) is 1.23. The summed E-state index contributed by atoms with van der Waals surface area (Å²) in [6, 6.07) is 0. The molecule has 1 N–H and O–H groups in total. The summed E-state index contributed by atoms with van der Waals surface area (Å²) in [6.45, 7) is 0.137. The zero-order valence-electron chi connectivity index (χ0n) is 8.04. The van der Waals surface area contributed by atoms with E-state index in [1.165, 1.54) is 6.33 Å². The molecule has 1 aromatic rings. The van der Waals surface area contributed by atoms with Crippen LogP contribution in [0.4, 0.5) is 0 Å². The summed E-state index contributed by atoms with van der Waals surface area (Å²) in [5, 5.41) is 19.7. The van der Waals surface area contributed by atoms with Gasteiger partial charge in [0.05, 0.1) is 5.70 Å². The SMILES string of the molecule is OCCC1=CC=C(n2cnnn2)C=C=C1. The van der Waals surface area contributed by atoms with Crippen molar-refractivity contribution in [3.8, 4) is 0 Å². The molecule has 1 aliphatic rings. The predicted octanol–water partition coefficient (Wildman–Crippen LogP) is 0.548. The summed E-state index contributed by atoms with van der Waals surface area (Å²) < 4.78 is 1.55. The molecule has 0 aliphatic heterocycles. The predicted molar refractivity (Wildman–Crippen MR) is 54.5 cm³/mol. The second-order valence-corrected chi connectivity index (χ2v) is 3.02. The van der Waals surface area contributed by atoms with Crippen molar-refractivity contribution in [2.45, 2.75) is 6.42 Å². The van der Waals surface area contributed by atoms with Crippen molar-refractivity contribution in [1.82, 2.24) is 20.2 Å². The number of allylic oxidation sites excluding steroid dienone is 4. The summed E-state index contributed by atoms with van der Waals surface area (Å²) in [6.07, 6.45) is 9.58. The lowest BCUT2D eigenvalue weighted by atomic mass is 10.2. The van der Waals surface area contributed by atoms with Crippen LogP contribution in [0.25, 0.3) is 5.70 Å². The van der Waals surface area contributed by atoms with E-state index in [4.69, 9.17) is 5.11 Å². The highest BCUT2D eigenvalue weighted by Gasteiger charge is 1.99. The summed E-state index contributed by atoms with van der Waals surface area (Å²) in [5.74, 6) is 0. The van der Waals surface area contributed by atoms with Gasteiger partial charge in [0, 0.05) is 12.7 Å². The molecule has 0 fully saturated rings. The van der Waals surface area contributed by atoms with E-state index in [0.29, 0.717) is 6.42 Å². The molecular formula is C10H10N4O. The third-order valence-corrected chi connectivity index (χ3v) is 1.98. The molecule has 0 atom stereocenters. The Kier molecular flexibility index (Phi) is 2.88. The number of tetrazole rings is 1. The van der Waals surface area contributed by atoms with Crippen LogP contribution in [0.3, 0.4) is 0 Å². The van der Waals surface area contributed by atoms with Gasteiger partial charge in [-0.25, -0.2) is 0 Å². The first-order valence-corrected chi connectivity index (χ1v) is 4.58. The first-order valence-electron chi connectivity index (χ1n) is 4.58. The Morgan fingerprint density at radius 1 is 1.33 bits per heavy atom. The van der Waals surface area contributed by atoms with E-state index in [2.05, 4.69) is 21.3 Å². The average molecular weight is 202 g/mol.